The zero-order chi connectivity index (χ0) is 20.4. The summed E-state index contributed by atoms with van der Waals surface area (Å²) in [7, 11) is -3.26. The largest absolute Gasteiger partial charge is 0.332 e. The molecule has 4 heterocycles. The van der Waals surface area contributed by atoms with Crippen molar-refractivity contribution in [3.8, 4) is 0 Å². The number of carbonyl (C=O) groups is 1. The van der Waals surface area contributed by atoms with Gasteiger partial charge in [-0.1, -0.05) is 13.3 Å². The molecule has 1 amide bonds. The van der Waals surface area contributed by atoms with Crippen LogP contribution in [0.5, 0.6) is 0 Å². The van der Waals surface area contributed by atoms with Crippen molar-refractivity contribution in [2.45, 2.75) is 77.3 Å². The first-order chi connectivity index (χ1) is 14.0. The standard InChI is InChI=1S/C20H33N5O3S/c1-2-14-29(27,28)23-11-6-8-16(15-23)20(26)24-13-7-9-17(24)19-22-21-18-10-4-3-5-12-25(18)19/h16-17H,2-15H2,1H3. The van der Waals surface area contributed by atoms with E-state index in [0.717, 1.165) is 69.7 Å². The lowest BCUT2D eigenvalue weighted by molar-refractivity contribution is -0.137. The van der Waals surface area contributed by atoms with E-state index in [2.05, 4.69) is 14.8 Å². The molecule has 0 aliphatic carbocycles. The Hall–Kier alpha value is -1.48. The Bertz CT molecular complexity index is 837. The first kappa shape index (κ1) is 20.8. The lowest BCUT2D eigenvalue weighted by Crippen LogP contribution is -2.47. The Morgan fingerprint density at radius 2 is 1.86 bits per heavy atom. The summed E-state index contributed by atoms with van der Waals surface area (Å²) in [6, 6.07) is -0.0236. The number of fused-ring (bicyclic) bond motifs is 1. The molecule has 8 nitrogen and oxygen atoms in total. The maximum absolute atomic E-state index is 13.4. The van der Waals surface area contributed by atoms with Gasteiger partial charge in [-0.3, -0.25) is 4.79 Å². The molecule has 1 aromatic rings. The van der Waals surface area contributed by atoms with Crippen molar-refractivity contribution in [1.29, 1.82) is 0 Å². The van der Waals surface area contributed by atoms with E-state index in [9.17, 15) is 13.2 Å². The van der Waals surface area contributed by atoms with E-state index >= 15 is 0 Å². The molecule has 3 aliphatic heterocycles. The van der Waals surface area contributed by atoms with E-state index in [1.165, 1.54) is 10.7 Å². The number of carbonyl (C=O) groups excluding carboxylic acids is 1. The lowest BCUT2D eigenvalue weighted by Gasteiger charge is -2.35. The Kier molecular flexibility index (Phi) is 6.24. The van der Waals surface area contributed by atoms with Crippen LogP contribution in [0, 0.1) is 5.92 Å². The minimum absolute atomic E-state index is 0.0236. The van der Waals surface area contributed by atoms with Crippen LogP contribution in [0.4, 0.5) is 0 Å². The summed E-state index contributed by atoms with van der Waals surface area (Å²) in [5.74, 6) is 1.98. The molecular formula is C20H33N5O3S. The fourth-order valence-electron chi connectivity index (χ4n) is 5.07. The summed E-state index contributed by atoms with van der Waals surface area (Å²) in [5, 5.41) is 8.91. The van der Waals surface area contributed by atoms with Crippen molar-refractivity contribution in [3.05, 3.63) is 11.6 Å². The Balaban J connectivity index is 1.50. The van der Waals surface area contributed by atoms with Gasteiger partial charge in [0.2, 0.25) is 15.9 Å². The molecule has 0 radical (unpaired) electrons. The van der Waals surface area contributed by atoms with Gasteiger partial charge in [0.1, 0.15) is 5.82 Å². The van der Waals surface area contributed by atoms with Gasteiger partial charge in [0, 0.05) is 32.6 Å². The predicted octanol–water partition coefficient (Wildman–Crippen LogP) is 2.12. The highest BCUT2D eigenvalue weighted by Gasteiger charge is 2.40. The van der Waals surface area contributed by atoms with Gasteiger partial charge in [0.25, 0.3) is 0 Å². The first-order valence-corrected chi connectivity index (χ1v) is 12.8. The Labute approximate surface area is 173 Å². The van der Waals surface area contributed by atoms with Gasteiger partial charge in [0.05, 0.1) is 17.7 Å². The van der Waals surface area contributed by atoms with Gasteiger partial charge < -0.3 is 9.47 Å². The summed E-state index contributed by atoms with van der Waals surface area (Å²) in [6.07, 6.45) is 8.43. The number of piperidine rings is 1. The van der Waals surface area contributed by atoms with Crippen molar-refractivity contribution >= 4 is 15.9 Å². The molecule has 162 valence electrons. The van der Waals surface area contributed by atoms with Crippen LogP contribution in [0.25, 0.3) is 0 Å². The highest BCUT2D eigenvalue weighted by Crippen LogP contribution is 2.35. The number of sulfonamides is 1. The second kappa shape index (κ2) is 8.71. The highest BCUT2D eigenvalue weighted by molar-refractivity contribution is 7.89. The van der Waals surface area contributed by atoms with Crippen molar-refractivity contribution in [3.63, 3.8) is 0 Å². The number of hydrogen-bond donors (Lipinski definition) is 0. The molecule has 1 aromatic heterocycles. The van der Waals surface area contributed by atoms with Gasteiger partial charge in [-0.15, -0.1) is 10.2 Å². The third-order valence-corrected chi connectivity index (χ3v) is 8.60. The van der Waals surface area contributed by atoms with Crippen LogP contribution in [0.15, 0.2) is 0 Å². The van der Waals surface area contributed by atoms with Gasteiger partial charge in [-0.05, 0) is 44.9 Å². The molecule has 0 bridgehead atoms. The Morgan fingerprint density at radius 3 is 2.69 bits per heavy atom. The predicted molar refractivity (Wildman–Crippen MR) is 110 cm³/mol. The first-order valence-electron chi connectivity index (χ1n) is 11.2. The van der Waals surface area contributed by atoms with Crippen LogP contribution >= 0.6 is 0 Å². The molecule has 0 spiro atoms. The average Bonchev–Trinajstić information content (AvgIpc) is 3.28. The van der Waals surface area contributed by atoms with Crippen LogP contribution in [0.2, 0.25) is 0 Å². The summed E-state index contributed by atoms with van der Waals surface area (Å²) >= 11 is 0. The number of hydrogen-bond acceptors (Lipinski definition) is 5. The number of amides is 1. The van der Waals surface area contributed by atoms with E-state index < -0.39 is 10.0 Å². The van der Waals surface area contributed by atoms with Crippen molar-refractivity contribution in [2.75, 3.05) is 25.4 Å². The zero-order valence-corrected chi connectivity index (χ0v) is 18.2. The van der Waals surface area contributed by atoms with Crippen molar-refractivity contribution in [2.24, 2.45) is 5.92 Å². The normalized spacial score (nSPS) is 26.3. The second-order valence-corrected chi connectivity index (χ2v) is 10.7. The average molecular weight is 424 g/mol. The monoisotopic (exact) mass is 423 g/mol. The van der Waals surface area contributed by atoms with Gasteiger partial charge in [0.15, 0.2) is 5.82 Å². The van der Waals surface area contributed by atoms with E-state index in [0.29, 0.717) is 19.5 Å². The molecule has 2 fully saturated rings. The minimum Gasteiger partial charge on any atom is -0.332 e. The number of nitrogens with zero attached hydrogens (tertiary/aromatic N) is 5. The van der Waals surface area contributed by atoms with Gasteiger partial charge in [-0.25, -0.2) is 12.7 Å². The van der Waals surface area contributed by atoms with E-state index in [1.807, 2.05) is 11.8 Å². The van der Waals surface area contributed by atoms with Gasteiger partial charge in [-0.2, -0.15) is 0 Å². The Morgan fingerprint density at radius 1 is 1.03 bits per heavy atom. The molecule has 2 unspecified atom stereocenters. The topological polar surface area (TPSA) is 88.4 Å². The van der Waals surface area contributed by atoms with E-state index in [-0.39, 0.29) is 23.6 Å². The van der Waals surface area contributed by atoms with E-state index in [1.54, 1.807) is 0 Å². The quantitative estimate of drug-likeness (QED) is 0.724. The molecule has 29 heavy (non-hydrogen) atoms. The third kappa shape index (κ3) is 4.21. The van der Waals surface area contributed by atoms with Crippen LogP contribution < -0.4 is 0 Å². The molecule has 2 saturated heterocycles. The molecule has 4 rings (SSSR count). The molecule has 2 atom stereocenters. The fourth-order valence-corrected chi connectivity index (χ4v) is 6.66. The molecule has 9 heteroatoms. The summed E-state index contributed by atoms with van der Waals surface area (Å²) in [4.78, 5) is 15.4. The molecule has 3 aliphatic rings. The molecule has 0 saturated carbocycles. The fraction of sp³-hybridized carbons (Fsp3) is 0.850. The molecule has 0 aromatic carbocycles. The van der Waals surface area contributed by atoms with E-state index in [4.69, 9.17) is 0 Å². The lowest BCUT2D eigenvalue weighted by atomic mass is 9.97. The highest BCUT2D eigenvalue weighted by atomic mass is 32.2. The number of aryl methyl sites for hydroxylation is 1. The molecular weight excluding hydrogens is 390 g/mol. The maximum Gasteiger partial charge on any atom is 0.227 e. The maximum atomic E-state index is 13.4. The second-order valence-electron chi connectivity index (χ2n) is 8.64. The van der Waals surface area contributed by atoms with Crippen molar-refractivity contribution in [1.82, 2.24) is 24.0 Å². The zero-order valence-electron chi connectivity index (χ0n) is 17.4. The number of likely N-dealkylation sites (tertiary alicyclic amines) is 1. The SMILES string of the molecule is CCCS(=O)(=O)N1CCCC(C(=O)N2CCCC2c2nnc3n2CCCCC3)C1. The summed E-state index contributed by atoms with van der Waals surface area (Å²) in [5.41, 5.74) is 0. The molecule has 0 N–H and O–H groups in total. The number of aromatic nitrogens is 3. The van der Waals surface area contributed by atoms with Gasteiger partial charge >= 0.3 is 0 Å². The van der Waals surface area contributed by atoms with Crippen LogP contribution in [0.1, 0.15) is 76.0 Å². The van der Waals surface area contributed by atoms with Crippen LogP contribution in [-0.2, 0) is 27.8 Å². The third-order valence-electron chi connectivity index (χ3n) is 6.56. The smallest absolute Gasteiger partial charge is 0.227 e. The number of rotatable bonds is 5. The van der Waals surface area contributed by atoms with Crippen molar-refractivity contribution < 1.29 is 13.2 Å². The summed E-state index contributed by atoms with van der Waals surface area (Å²) in [6.45, 7) is 4.39. The van der Waals surface area contributed by atoms with Crippen LogP contribution in [-0.4, -0.2) is 63.7 Å². The summed E-state index contributed by atoms with van der Waals surface area (Å²) < 4.78 is 28.8. The van der Waals surface area contributed by atoms with Crippen LogP contribution in [0.3, 0.4) is 0 Å². The minimum atomic E-state index is -3.26.